The van der Waals surface area contributed by atoms with Gasteiger partial charge in [-0.05, 0) is 49.7 Å². The van der Waals surface area contributed by atoms with E-state index in [1.54, 1.807) is 6.92 Å². The van der Waals surface area contributed by atoms with Crippen molar-refractivity contribution in [3.8, 4) is 22.8 Å². The summed E-state index contributed by atoms with van der Waals surface area (Å²) in [5.74, 6) is 0.928. The molecule has 4 aromatic rings. The van der Waals surface area contributed by atoms with Gasteiger partial charge < -0.3 is 9.47 Å². The molecule has 0 fully saturated rings. The van der Waals surface area contributed by atoms with Crippen molar-refractivity contribution in [3.63, 3.8) is 0 Å². The standard InChI is InChI=1S/C22H19N3O4/c1-3-28-22(27)17-13-23-25-20(26)12-18(24-21(17)25)15-9-10-19(14(2)11-15)29-16-7-5-4-6-8-16/h4-13,23H,3H2,1-2H3. The molecule has 0 saturated heterocycles. The molecule has 0 unspecified atom stereocenters. The maximum atomic E-state index is 12.5. The molecule has 2 aromatic carbocycles. The first-order valence-electron chi connectivity index (χ1n) is 9.19. The molecule has 0 radical (unpaired) electrons. The van der Waals surface area contributed by atoms with E-state index in [0.717, 1.165) is 16.9 Å². The fourth-order valence-electron chi connectivity index (χ4n) is 3.03. The first-order chi connectivity index (χ1) is 14.1. The van der Waals surface area contributed by atoms with Crippen molar-refractivity contribution in [1.82, 2.24) is 14.6 Å². The summed E-state index contributed by atoms with van der Waals surface area (Å²) in [6.07, 6.45) is 1.42. The van der Waals surface area contributed by atoms with E-state index in [0.29, 0.717) is 11.4 Å². The second-order valence-electron chi connectivity index (χ2n) is 6.44. The molecule has 0 atom stereocenters. The van der Waals surface area contributed by atoms with Gasteiger partial charge in [0.15, 0.2) is 5.65 Å². The summed E-state index contributed by atoms with van der Waals surface area (Å²) in [6, 6.07) is 16.5. The normalized spacial score (nSPS) is 10.8. The topological polar surface area (TPSA) is 85.7 Å². The number of carbonyl (C=O) groups is 1. The van der Waals surface area contributed by atoms with Crippen LogP contribution in [0.4, 0.5) is 0 Å². The number of aromatic amines is 1. The van der Waals surface area contributed by atoms with Crippen LogP contribution in [-0.4, -0.2) is 27.2 Å². The molecule has 0 aliphatic heterocycles. The molecule has 7 heteroatoms. The predicted molar refractivity (Wildman–Crippen MR) is 108 cm³/mol. The van der Waals surface area contributed by atoms with Gasteiger partial charge in [-0.25, -0.2) is 14.3 Å². The van der Waals surface area contributed by atoms with Gasteiger partial charge in [0.25, 0.3) is 5.56 Å². The van der Waals surface area contributed by atoms with Crippen molar-refractivity contribution in [2.45, 2.75) is 13.8 Å². The lowest BCUT2D eigenvalue weighted by Crippen LogP contribution is -2.15. The number of hydrogen-bond donors (Lipinski definition) is 1. The quantitative estimate of drug-likeness (QED) is 0.522. The minimum Gasteiger partial charge on any atom is -0.462 e. The Morgan fingerprint density at radius 2 is 1.93 bits per heavy atom. The Balaban J connectivity index is 1.72. The number of para-hydroxylation sites is 1. The highest BCUT2D eigenvalue weighted by atomic mass is 16.5. The average Bonchev–Trinajstić information content (AvgIpc) is 3.15. The van der Waals surface area contributed by atoms with Crippen molar-refractivity contribution in [2.75, 3.05) is 6.61 Å². The van der Waals surface area contributed by atoms with Crippen LogP contribution >= 0.6 is 0 Å². The zero-order valence-electron chi connectivity index (χ0n) is 16.0. The Morgan fingerprint density at radius 1 is 1.14 bits per heavy atom. The van der Waals surface area contributed by atoms with E-state index < -0.39 is 5.97 Å². The molecule has 0 aliphatic rings. The van der Waals surface area contributed by atoms with Gasteiger partial charge in [-0.15, -0.1) is 0 Å². The van der Waals surface area contributed by atoms with Gasteiger partial charge in [0, 0.05) is 17.8 Å². The fraction of sp³-hybridized carbons (Fsp3) is 0.136. The highest BCUT2D eigenvalue weighted by molar-refractivity contribution is 5.95. The second-order valence-corrected chi connectivity index (χ2v) is 6.44. The molecule has 146 valence electrons. The van der Waals surface area contributed by atoms with Gasteiger partial charge in [-0.3, -0.25) is 9.89 Å². The summed E-state index contributed by atoms with van der Waals surface area (Å²) in [6.45, 7) is 3.88. The van der Waals surface area contributed by atoms with Crippen LogP contribution in [0, 0.1) is 6.92 Å². The highest BCUT2D eigenvalue weighted by Gasteiger charge is 2.17. The molecule has 0 saturated carbocycles. The number of ether oxygens (including phenoxy) is 2. The predicted octanol–water partition coefficient (Wildman–Crippen LogP) is 3.97. The van der Waals surface area contributed by atoms with Gasteiger partial charge in [0.1, 0.15) is 17.1 Å². The maximum absolute atomic E-state index is 12.5. The molecule has 1 N–H and O–H groups in total. The molecule has 0 aliphatic carbocycles. The van der Waals surface area contributed by atoms with Crippen LogP contribution in [0.3, 0.4) is 0 Å². The van der Waals surface area contributed by atoms with Crippen LogP contribution in [-0.2, 0) is 4.74 Å². The van der Waals surface area contributed by atoms with Crippen molar-refractivity contribution in [3.05, 3.63) is 82.3 Å². The van der Waals surface area contributed by atoms with Gasteiger partial charge in [0.05, 0.1) is 12.3 Å². The van der Waals surface area contributed by atoms with Crippen LogP contribution in [0.5, 0.6) is 11.5 Å². The Hall–Kier alpha value is -3.87. The van der Waals surface area contributed by atoms with E-state index in [2.05, 4.69) is 10.1 Å². The fourth-order valence-corrected chi connectivity index (χ4v) is 3.03. The molecule has 0 spiro atoms. The summed E-state index contributed by atoms with van der Waals surface area (Å²) in [5, 5.41) is 2.74. The van der Waals surface area contributed by atoms with Crippen LogP contribution in [0.1, 0.15) is 22.8 Å². The van der Waals surface area contributed by atoms with E-state index in [-0.39, 0.29) is 23.4 Å². The lowest BCUT2D eigenvalue weighted by Gasteiger charge is -2.10. The number of benzene rings is 2. The molecule has 0 amide bonds. The van der Waals surface area contributed by atoms with Crippen molar-refractivity contribution in [2.24, 2.45) is 0 Å². The monoisotopic (exact) mass is 389 g/mol. The van der Waals surface area contributed by atoms with E-state index in [1.807, 2.05) is 55.5 Å². The lowest BCUT2D eigenvalue weighted by molar-refractivity contribution is 0.0528. The van der Waals surface area contributed by atoms with Gasteiger partial charge in [-0.2, -0.15) is 0 Å². The third kappa shape index (κ3) is 3.62. The van der Waals surface area contributed by atoms with E-state index in [1.165, 1.54) is 16.8 Å². The SMILES string of the molecule is CCOC(=O)c1c[nH]n2c(=O)cc(-c3ccc(Oc4ccccc4)c(C)c3)nc12. The molecule has 2 aromatic heterocycles. The smallest absolute Gasteiger partial charge is 0.343 e. The summed E-state index contributed by atoms with van der Waals surface area (Å²) < 4.78 is 12.2. The van der Waals surface area contributed by atoms with E-state index >= 15 is 0 Å². The Morgan fingerprint density at radius 3 is 2.66 bits per heavy atom. The molecule has 4 rings (SSSR count). The molecular weight excluding hydrogens is 370 g/mol. The van der Waals surface area contributed by atoms with Gasteiger partial charge >= 0.3 is 5.97 Å². The van der Waals surface area contributed by atoms with Crippen LogP contribution in [0.2, 0.25) is 0 Å². The van der Waals surface area contributed by atoms with Gasteiger partial charge in [-0.1, -0.05) is 18.2 Å². The van der Waals surface area contributed by atoms with Crippen molar-refractivity contribution >= 4 is 11.6 Å². The zero-order valence-corrected chi connectivity index (χ0v) is 16.0. The number of fused-ring (bicyclic) bond motifs is 1. The first kappa shape index (κ1) is 18.5. The number of esters is 1. The number of rotatable bonds is 5. The Kier molecular flexibility index (Phi) is 4.87. The van der Waals surface area contributed by atoms with E-state index in [9.17, 15) is 9.59 Å². The molecule has 29 heavy (non-hydrogen) atoms. The summed E-state index contributed by atoms with van der Waals surface area (Å²) in [5.41, 5.74) is 2.24. The number of aryl methyl sites for hydroxylation is 1. The minimum atomic E-state index is -0.530. The number of nitrogens with zero attached hydrogens (tertiary/aromatic N) is 2. The number of hydrogen-bond acceptors (Lipinski definition) is 5. The largest absolute Gasteiger partial charge is 0.462 e. The van der Waals surface area contributed by atoms with Crippen LogP contribution in [0.25, 0.3) is 16.9 Å². The Bertz CT molecular complexity index is 1240. The third-order valence-corrected chi connectivity index (χ3v) is 4.43. The maximum Gasteiger partial charge on any atom is 0.343 e. The molecule has 0 bridgehead atoms. The molecule has 2 heterocycles. The summed E-state index contributed by atoms with van der Waals surface area (Å²) in [4.78, 5) is 29.1. The minimum absolute atomic E-state index is 0.214. The third-order valence-electron chi connectivity index (χ3n) is 4.43. The highest BCUT2D eigenvalue weighted by Crippen LogP contribution is 2.29. The van der Waals surface area contributed by atoms with Crippen LogP contribution in [0.15, 0.2) is 65.6 Å². The average molecular weight is 389 g/mol. The lowest BCUT2D eigenvalue weighted by atomic mass is 10.1. The number of carbonyl (C=O) groups excluding carboxylic acids is 1. The number of H-pyrrole nitrogens is 1. The van der Waals surface area contributed by atoms with Gasteiger partial charge in [0.2, 0.25) is 0 Å². The zero-order chi connectivity index (χ0) is 20.4. The second kappa shape index (κ2) is 7.63. The van der Waals surface area contributed by atoms with Crippen molar-refractivity contribution < 1.29 is 14.3 Å². The molecular formula is C22H19N3O4. The summed E-state index contributed by atoms with van der Waals surface area (Å²) in [7, 11) is 0. The first-order valence-corrected chi connectivity index (χ1v) is 9.19. The molecule has 7 nitrogen and oxygen atoms in total. The number of aromatic nitrogens is 3. The Labute approximate surface area is 166 Å². The number of nitrogens with one attached hydrogen (secondary N) is 1. The summed E-state index contributed by atoms with van der Waals surface area (Å²) >= 11 is 0. The van der Waals surface area contributed by atoms with Crippen LogP contribution < -0.4 is 10.3 Å². The van der Waals surface area contributed by atoms with Crippen molar-refractivity contribution in [1.29, 1.82) is 0 Å². The van der Waals surface area contributed by atoms with E-state index in [4.69, 9.17) is 9.47 Å².